The summed E-state index contributed by atoms with van der Waals surface area (Å²) in [5, 5.41) is 16.1. The van der Waals surface area contributed by atoms with Gasteiger partial charge in [-0.2, -0.15) is 5.10 Å². The summed E-state index contributed by atoms with van der Waals surface area (Å²) in [5.74, 6) is -1.72. The van der Waals surface area contributed by atoms with Crippen LogP contribution in [-0.4, -0.2) is 38.5 Å². The fourth-order valence-corrected chi connectivity index (χ4v) is 4.48. The Morgan fingerprint density at radius 2 is 1.68 bits per heavy atom. The van der Waals surface area contributed by atoms with Crippen LogP contribution in [0.4, 0.5) is 5.82 Å². The van der Waals surface area contributed by atoms with Crippen molar-refractivity contribution in [3.63, 3.8) is 0 Å². The van der Waals surface area contributed by atoms with Crippen LogP contribution < -0.4 is 5.73 Å². The second-order valence-electron chi connectivity index (χ2n) is 8.56. The molecule has 2 aromatic carbocycles. The van der Waals surface area contributed by atoms with E-state index in [1.165, 1.54) is 6.33 Å². The number of rotatable bonds is 8. The van der Waals surface area contributed by atoms with Crippen LogP contribution >= 0.6 is 0 Å². The average molecular weight is 461 g/mol. The number of nitrogens with two attached hydrogens (primary N) is 1. The lowest BCUT2D eigenvalue weighted by Gasteiger charge is -2.27. The number of benzene rings is 2. The van der Waals surface area contributed by atoms with Crippen LogP contribution in [0.5, 0.6) is 0 Å². The Balaban J connectivity index is 1.39. The van der Waals surface area contributed by atoms with Gasteiger partial charge in [-0.1, -0.05) is 67.6 Å². The maximum absolute atomic E-state index is 11.8. The van der Waals surface area contributed by atoms with Crippen LogP contribution in [0.15, 0.2) is 79.1 Å². The molecule has 4 aromatic rings. The summed E-state index contributed by atoms with van der Waals surface area (Å²) in [6, 6.07) is 23.4. The molecule has 0 spiro atoms. The number of aromatic nitrogens is 3. The van der Waals surface area contributed by atoms with Gasteiger partial charge in [0.1, 0.15) is 23.6 Å². The van der Waals surface area contributed by atoms with Gasteiger partial charge >= 0.3 is 0 Å². The van der Waals surface area contributed by atoms with Crippen molar-refractivity contribution in [2.24, 2.45) is 5.92 Å². The average Bonchev–Trinajstić information content (AvgIpc) is 3.40. The van der Waals surface area contributed by atoms with Crippen molar-refractivity contribution in [2.75, 3.05) is 12.3 Å². The first kappa shape index (κ1) is 22.5. The Hall–Kier alpha value is -3.30. The number of fused-ring (bicyclic) bond motifs is 1. The number of nitrogen functional groups attached to an aromatic ring is 1. The normalized spacial score (nSPS) is 24.6. The van der Waals surface area contributed by atoms with Crippen molar-refractivity contribution in [2.45, 2.75) is 38.1 Å². The predicted octanol–water partition coefficient (Wildman–Crippen LogP) is 3.29. The molecule has 34 heavy (non-hydrogen) atoms. The van der Waals surface area contributed by atoms with E-state index in [0.717, 1.165) is 11.1 Å². The van der Waals surface area contributed by atoms with E-state index in [4.69, 9.17) is 19.9 Å². The lowest BCUT2D eigenvalue weighted by molar-refractivity contribution is -0.228. The molecule has 8 heteroatoms. The zero-order valence-electron chi connectivity index (χ0n) is 18.9. The van der Waals surface area contributed by atoms with Gasteiger partial charge in [-0.05, 0) is 23.3 Å². The molecule has 2 aromatic heterocycles. The summed E-state index contributed by atoms with van der Waals surface area (Å²) in [6.45, 7) is 3.02. The summed E-state index contributed by atoms with van der Waals surface area (Å²) >= 11 is 0. The monoisotopic (exact) mass is 460 g/mol. The van der Waals surface area contributed by atoms with Gasteiger partial charge in [0.15, 0.2) is 5.82 Å². The number of nitrogens with zero attached hydrogens (tertiary/aromatic N) is 3. The van der Waals surface area contributed by atoms with Crippen LogP contribution in [-0.2, 0) is 33.2 Å². The van der Waals surface area contributed by atoms with Gasteiger partial charge in [-0.25, -0.2) is 9.50 Å². The molecule has 0 saturated carbocycles. The number of aliphatic hydroxyl groups is 1. The highest BCUT2D eigenvalue weighted by atomic mass is 16.7. The Morgan fingerprint density at radius 1 is 1.00 bits per heavy atom. The van der Waals surface area contributed by atoms with Gasteiger partial charge in [0.25, 0.3) is 0 Å². The fourth-order valence-electron chi connectivity index (χ4n) is 4.48. The van der Waals surface area contributed by atoms with Crippen LogP contribution in [0.3, 0.4) is 0 Å². The molecule has 5 rings (SSSR count). The first-order chi connectivity index (χ1) is 16.6. The Kier molecular flexibility index (Phi) is 6.30. The highest BCUT2D eigenvalue weighted by Gasteiger charge is 2.55. The zero-order valence-corrected chi connectivity index (χ0v) is 18.9. The third-order valence-electron chi connectivity index (χ3n) is 6.34. The molecule has 0 bridgehead atoms. The van der Waals surface area contributed by atoms with Crippen LogP contribution in [0.2, 0.25) is 0 Å². The van der Waals surface area contributed by atoms with Gasteiger partial charge in [0, 0.05) is 5.92 Å². The van der Waals surface area contributed by atoms with Crippen molar-refractivity contribution < 1.29 is 19.3 Å². The molecular formula is C26H28N4O4. The SMILES string of the molecule is CC1C(OCc2ccccc2)C(COCc2ccccc2)OC1(O)c1ccc2c(N)ncnn12. The molecule has 1 saturated heterocycles. The smallest absolute Gasteiger partial charge is 0.215 e. The highest BCUT2D eigenvalue weighted by Crippen LogP contribution is 2.44. The summed E-state index contributed by atoms with van der Waals surface area (Å²) < 4.78 is 20.1. The maximum atomic E-state index is 11.8. The molecule has 4 atom stereocenters. The minimum atomic E-state index is -1.64. The zero-order chi connectivity index (χ0) is 23.5. The Labute approximate surface area is 197 Å². The first-order valence-electron chi connectivity index (χ1n) is 11.3. The third kappa shape index (κ3) is 4.28. The minimum absolute atomic E-state index is 0.265. The summed E-state index contributed by atoms with van der Waals surface area (Å²) in [6.07, 6.45) is 0.460. The number of hydrogen-bond acceptors (Lipinski definition) is 7. The lowest BCUT2D eigenvalue weighted by Crippen LogP contribution is -2.36. The molecule has 1 fully saturated rings. The van der Waals surface area contributed by atoms with Gasteiger partial charge in [0.2, 0.25) is 5.79 Å². The van der Waals surface area contributed by atoms with E-state index in [1.807, 2.05) is 67.6 Å². The second-order valence-corrected chi connectivity index (χ2v) is 8.56. The highest BCUT2D eigenvalue weighted by molar-refractivity contribution is 5.65. The van der Waals surface area contributed by atoms with E-state index in [0.29, 0.717) is 30.2 Å². The van der Waals surface area contributed by atoms with Gasteiger partial charge in [0.05, 0.1) is 25.9 Å². The van der Waals surface area contributed by atoms with E-state index in [9.17, 15) is 5.11 Å². The molecule has 3 heterocycles. The van der Waals surface area contributed by atoms with Crippen LogP contribution in [0.25, 0.3) is 5.52 Å². The summed E-state index contributed by atoms with van der Waals surface area (Å²) in [5.41, 5.74) is 9.18. The van der Waals surface area contributed by atoms with E-state index in [-0.39, 0.29) is 6.61 Å². The van der Waals surface area contributed by atoms with Crippen molar-refractivity contribution in [1.29, 1.82) is 0 Å². The number of ether oxygens (including phenoxy) is 3. The molecule has 0 aliphatic carbocycles. The van der Waals surface area contributed by atoms with Crippen molar-refractivity contribution in [3.8, 4) is 0 Å². The second kappa shape index (κ2) is 9.52. The predicted molar refractivity (Wildman–Crippen MR) is 126 cm³/mol. The summed E-state index contributed by atoms with van der Waals surface area (Å²) in [7, 11) is 0. The lowest BCUT2D eigenvalue weighted by atomic mass is 9.93. The quantitative estimate of drug-likeness (QED) is 0.416. The van der Waals surface area contributed by atoms with E-state index >= 15 is 0 Å². The molecule has 1 aliphatic rings. The van der Waals surface area contributed by atoms with Crippen LogP contribution in [0.1, 0.15) is 23.7 Å². The number of hydrogen-bond donors (Lipinski definition) is 2. The molecule has 0 radical (unpaired) electrons. The fraction of sp³-hybridized carbons (Fsp3) is 0.308. The first-order valence-corrected chi connectivity index (χ1v) is 11.3. The minimum Gasteiger partial charge on any atom is -0.382 e. The van der Waals surface area contributed by atoms with Crippen molar-refractivity contribution in [3.05, 3.63) is 95.9 Å². The van der Waals surface area contributed by atoms with E-state index < -0.39 is 23.9 Å². The van der Waals surface area contributed by atoms with Gasteiger partial charge < -0.3 is 25.1 Å². The Bertz CT molecular complexity index is 1230. The molecule has 176 valence electrons. The van der Waals surface area contributed by atoms with E-state index in [2.05, 4.69) is 10.1 Å². The van der Waals surface area contributed by atoms with E-state index in [1.54, 1.807) is 16.6 Å². The summed E-state index contributed by atoms with van der Waals surface area (Å²) in [4.78, 5) is 4.03. The molecule has 1 aliphatic heterocycles. The molecule has 3 N–H and O–H groups in total. The molecule has 4 unspecified atom stereocenters. The largest absolute Gasteiger partial charge is 0.382 e. The topological polar surface area (TPSA) is 104 Å². The van der Waals surface area contributed by atoms with Crippen molar-refractivity contribution in [1.82, 2.24) is 14.6 Å². The Morgan fingerprint density at radius 3 is 2.38 bits per heavy atom. The molecular weight excluding hydrogens is 432 g/mol. The van der Waals surface area contributed by atoms with Crippen molar-refractivity contribution >= 4 is 11.3 Å². The van der Waals surface area contributed by atoms with Gasteiger partial charge in [-0.3, -0.25) is 0 Å². The third-order valence-corrected chi connectivity index (χ3v) is 6.34. The number of anilines is 1. The van der Waals surface area contributed by atoms with Crippen LogP contribution in [0, 0.1) is 5.92 Å². The molecule has 8 nitrogen and oxygen atoms in total. The standard InChI is InChI=1S/C26H28N4O4/c1-18-24(33-15-20-10-6-3-7-11-20)22(16-32-14-19-8-4-2-5-9-19)34-26(18,31)23-13-12-21-25(27)28-17-29-30(21)23/h2-13,17-18,22,24,31H,14-16H2,1H3,(H2,27,28,29). The molecule has 0 amide bonds. The maximum Gasteiger partial charge on any atom is 0.215 e. The van der Waals surface area contributed by atoms with Gasteiger partial charge in [-0.15, -0.1) is 0 Å².